The van der Waals surface area contributed by atoms with Crippen LogP contribution in [-0.4, -0.2) is 28.0 Å². The molecule has 0 aliphatic carbocycles. The summed E-state index contributed by atoms with van der Waals surface area (Å²) in [6, 6.07) is 12.2. The largest absolute Gasteiger partial charge is 0.448 e. The van der Waals surface area contributed by atoms with Crippen LogP contribution in [0.5, 0.6) is 0 Å². The van der Waals surface area contributed by atoms with Crippen molar-refractivity contribution >= 4 is 27.5 Å². The summed E-state index contributed by atoms with van der Waals surface area (Å²) in [6.45, 7) is 4.29. The van der Waals surface area contributed by atoms with Gasteiger partial charge in [0.25, 0.3) is 0 Å². The summed E-state index contributed by atoms with van der Waals surface area (Å²) in [6.07, 6.45) is 3.40. The first-order valence-corrected chi connectivity index (χ1v) is 9.48. The van der Waals surface area contributed by atoms with Crippen LogP contribution in [-0.2, 0) is 0 Å². The van der Waals surface area contributed by atoms with E-state index in [9.17, 15) is 4.79 Å². The van der Waals surface area contributed by atoms with Gasteiger partial charge in [0.15, 0.2) is 16.5 Å². The Morgan fingerprint density at radius 2 is 1.96 bits per heavy atom. The zero-order valence-corrected chi connectivity index (χ0v) is 15.2. The Morgan fingerprint density at radius 3 is 2.72 bits per heavy atom. The molecule has 0 spiro atoms. The molecule has 0 unspecified atom stereocenters. The highest BCUT2D eigenvalue weighted by Gasteiger charge is 2.27. The van der Waals surface area contributed by atoms with Gasteiger partial charge in [0.1, 0.15) is 0 Å². The molecule has 0 saturated carbocycles. The van der Waals surface area contributed by atoms with E-state index in [0.29, 0.717) is 23.6 Å². The van der Waals surface area contributed by atoms with E-state index >= 15 is 0 Å². The maximum atomic E-state index is 12.6. The molecule has 1 fully saturated rings. The van der Waals surface area contributed by atoms with E-state index in [4.69, 9.17) is 4.42 Å². The van der Waals surface area contributed by atoms with Crippen LogP contribution in [0.3, 0.4) is 0 Å². The van der Waals surface area contributed by atoms with Crippen molar-refractivity contribution in [2.24, 2.45) is 0 Å². The monoisotopic (exact) mass is 355 g/mol. The van der Waals surface area contributed by atoms with Crippen LogP contribution in [0.25, 0.3) is 21.0 Å². The number of carbonyl (C=O) groups is 1. The van der Waals surface area contributed by atoms with Gasteiger partial charge in [-0.25, -0.2) is 9.99 Å². The number of piperidine rings is 1. The fourth-order valence-electron chi connectivity index (χ4n) is 3.37. The molecular formula is C19H21N3O2S. The minimum absolute atomic E-state index is 0.201. The Hall–Kier alpha value is -2.18. The predicted octanol–water partition coefficient (Wildman–Crippen LogP) is 4.46. The average molecular weight is 355 g/mol. The number of thiazole rings is 1. The number of fused-ring (bicyclic) bond motifs is 1. The van der Waals surface area contributed by atoms with Crippen LogP contribution < -0.4 is 5.43 Å². The summed E-state index contributed by atoms with van der Waals surface area (Å²) in [5.41, 5.74) is 3.95. The summed E-state index contributed by atoms with van der Waals surface area (Å²) in [5.74, 6) is 0.748. The first kappa shape index (κ1) is 16.3. The average Bonchev–Trinajstić information content (AvgIpc) is 3.24. The number of carbonyl (C=O) groups excluding carboxylic acids is 1. The van der Waals surface area contributed by atoms with Gasteiger partial charge in [-0.15, -0.1) is 11.3 Å². The lowest BCUT2D eigenvalue weighted by atomic mass is 10.00. The highest BCUT2D eigenvalue weighted by Crippen LogP contribution is 2.31. The standard InChI is InChI=1S/C19H21N3O2S/c1-12-6-5-7-13(2)22(12)21-18(23)15-10-11-16(24-15)19-20-14-8-3-4-9-17(14)25-19/h3-4,8-13H,5-7H2,1-2H3,(H,21,23)/t12-,13+. The van der Waals surface area contributed by atoms with Crippen LogP contribution in [0.2, 0.25) is 0 Å². The molecule has 1 aliphatic rings. The Kier molecular flexibility index (Phi) is 4.31. The normalized spacial score (nSPS) is 21.5. The molecule has 0 radical (unpaired) electrons. The van der Waals surface area contributed by atoms with Crippen molar-refractivity contribution in [1.29, 1.82) is 0 Å². The Bertz CT molecular complexity index is 858. The number of nitrogens with zero attached hydrogens (tertiary/aromatic N) is 2. The summed E-state index contributed by atoms with van der Waals surface area (Å²) in [5, 5.41) is 2.84. The Labute approximate surface area is 150 Å². The van der Waals surface area contributed by atoms with E-state index < -0.39 is 0 Å². The summed E-state index contributed by atoms with van der Waals surface area (Å²) in [7, 11) is 0. The molecule has 25 heavy (non-hydrogen) atoms. The second-order valence-electron chi connectivity index (χ2n) is 6.63. The third-order valence-corrected chi connectivity index (χ3v) is 5.81. The number of rotatable bonds is 3. The highest BCUT2D eigenvalue weighted by atomic mass is 32.1. The number of para-hydroxylation sites is 1. The van der Waals surface area contributed by atoms with Crippen LogP contribution in [0.4, 0.5) is 0 Å². The van der Waals surface area contributed by atoms with Crippen molar-refractivity contribution in [3.8, 4) is 10.8 Å². The fraction of sp³-hybridized carbons (Fsp3) is 0.368. The molecule has 3 aromatic rings. The molecule has 2 atom stereocenters. The van der Waals surface area contributed by atoms with Gasteiger partial charge in [-0.1, -0.05) is 18.6 Å². The summed E-state index contributed by atoms with van der Waals surface area (Å²) >= 11 is 1.56. The number of aromatic nitrogens is 1. The molecule has 5 nitrogen and oxygen atoms in total. The van der Waals surface area contributed by atoms with E-state index in [1.165, 1.54) is 6.42 Å². The molecule has 1 saturated heterocycles. The predicted molar refractivity (Wildman–Crippen MR) is 99.4 cm³/mol. The van der Waals surface area contributed by atoms with Gasteiger partial charge in [0.2, 0.25) is 0 Å². The lowest BCUT2D eigenvalue weighted by molar-refractivity contribution is 0.0351. The molecule has 1 aliphatic heterocycles. The minimum Gasteiger partial charge on any atom is -0.448 e. The lowest BCUT2D eigenvalue weighted by Gasteiger charge is -2.38. The number of furan rings is 1. The first-order valence-electron chi connectivity index (χ1n) is 8.67. The number of amides is 1. The van der Waals surface area contributed by atoms with Crippen molar-refractivity contribution in [2.45, 2.75) is 45.2 Å². The van der Waals surface area contributed by atoms with Gasteiger partial charge in [0.05, 0.1) is 10.2 Å². The van der Waals surface area contributed by atoms with Gasteiger partial charge in [-0.05, 0) is 51.0 Å². The summed E-state index contributed by atoms with van der Waals surface area (Å²) in [4.78, 5) is 17.1. The molecule has 4 rings (SSSR count). The molecule has 1 amide bonds. The van der Waals surface area contributed by atoms with Gasteiger partial charge >= 0.3 is 5.91 Å². The van der Waals surface area contributed by atoms with Gasteiger partial charge in [-0.2, -0.15) is 0 Å². The topological polar surface area (TPSA) is 58.4 Å². The number of benzene rings is 1. The van der Waals surface area contributed by atoms with Crippen LogP contribution in [0.15, 0.2) is 40.8 Å². The number of hydrogen-bond donors (Lipinski definition) is 1. The second-order valence-corrected chi connectivity index (χ2v) is 7.66. The highest BCUT2D eigenvalue weighted by molar-refractivity contribution is 7.21. The smallest absolute Gasteiger partial charge is 0.301 e. The van der Waals surface area contributed by atoms with Gasteiger partial charge in [0, 0.05) is 12.1 Å². The van der Waals surface area contributed by atoms with E-state index in [2.05, 4.69) is 24.3 Å². The van der Waals surface area contributed by atoms with E-state index in [1.54, 1.807) is 17.4 Å². The van der Waals surface area contributed by atoms with Gasteiger partial charge < -0.3 is 4.42 Å². The number of hydrogen-bond acceptors (Lipinski definition) is 5. The van der Waals surface area contributed by atoms with E-state index in [1.807, 2.05) is 35.3 Å². The third-order valence-electron chi connectivity index (χ3n) is 4.76. The van der Waals surface area contributed by atoms with Crippen molar-refractivity contribution in [3.63, 3.8) is 0 Å². The zero-order chi connectivity index (χ0) is 17.4. The molecule has 6 heteroatoms. The van der Waals surface area contributed by atoms with Crippen molar-refractivity contribution in [3.05, 3.63) is 42.2 Å². The molecule has 0 bridgehead atoms. The maximum Gasteiger partial charge on any atom is 0.301 e. The molecule has 130 valence electrons. The van der Waals surface area contributed by atoms with Crippen LogP contribution >= 0.6 is 11.3 Å². The SMILES string of the molecule is C[C@@H]1CCC[C@H](C)N1NC(=O)c1ccc(-c2nc3ccccc3s2)o1. The molecule has 2 aromatic heterocycles. The van der Waals surface area contributed by atoms with E-state index in [-0.39, 0.29) is 5.91 Å². The molecule has 1 aromatic carbocycles. The molecule has 3 heterocycles. The fourth-order valence-corrected chi connectivity index (χ4v) is 4.29. The summed E-state index contributed by atoms with van der Waals surface area (Å²) < 4.78 is 6.89. The number of hydrazine groups is 1. The third kappa shape index (κ3) is 3.19. The van der Waals surface area contributed by atoms with Crippen molar-refractivity contribution in [1.82, 2.24) is 15.4 Å². The number of nitrogens with one attached hydrogen (secondary N) is 1. The molecule has 1 N–H and O–H groups in total. The van der Waals surface area contributed by atoms with E-state index in [0.717, 1.165) is 28.1 Å². The van der Waals surface area contributed by atoms with Crippen molar-refractivity contribution in [2.75, 3.05) is 0 Å². The molecular weight excluding hydrogens is 334 g/mol. The maximum absolute atomic E-state index is 12.6. The Morgan fingerprint density at radius 1 is 1.20 bits per heavy atom. The minimum atomic E-state index is -0.201. The quantitative estimate of drug-likeness (QED) is 0.753. The second kappa shape index (κ2) is 6.61. The van der Waals surface area contributed by atoms with Crippen molar-refractivity contribution < 1.29 is 9.21 Å². The van der Waals surface area contributed by atoms with Crippen LogP contribution in [0, 0.1) is 0 Å². The first-order chi connectivity index (χ1) is 12.1. The lowest BCUT2D eigenvalue weighted by Crippen LogP contribution is -2.54. The zero-order valence-electron chi connectivity index (χ0n) is 14.4. The Balaban J connectivity index is 1.53. The van der Waals surface area contributed by atoms with Gasteiger partial charge in [-0.3, -0.25) is 10.2 Å². The van der Waals surface area contributed by atoms with Crippen LogP contribution in [0.1, 0.15) is 43.7 Å².